The maximum Gasteiger partial charge on any atom is 0.304 e. The minimum Gasteiger partial charge on any atom is -0.466 e. The molecule has 0 aliphatic heterocycles. The Labute approximate surface area is 150 Å². The summed E-state index contributed by atoms with van der Waals surface area (Å²) >= 11 is 0. The average molecular weight is 348 g/mol. The smallest absolute Gasteiger partial charge is 0.304 e. The summed E-state index contributed by atoms with van der Waals surface area (Å²) in [5, 5.41) is 9.75. The van der Waals surface area contributed by atoms with E-state index in [1.165, 1.54) is 19.9 Å². The van der Waals surface area contributed by atoms with Gasteiger partial charge in [-0.1, -0.05) is 38.2 Å². The van der Waals surface area contributed by atoms with E-state index in [4.69, 9.17) is 9.47 Å². The minimum atomic E-state index is -0.700. The van der Waals surface area contributed by atoms with Crippen molar-refractivity contribution in [3.8, 4) is 23.7 Å². The van der Waals surface area contributed by atoms with Crippen LogP contribution in [-0.2, 0) is 19.1 Å². The highest BCUT2D eigenvalue weighted by Crippen LogP contribution is 2.08. The van der Waals surface area contributed by atoms with Crippen LogP contribution < -0.4 is 0 Å². The largest absolute Gasteiger partial charge is 0.466 e. The summed E-state index contributed by atoms with van der Waals surface area (Å²) in [6.07, 6.45) is 6.69. The van der Waals surface area contributed by atoms with E-state index < -0.39 is 18.2 Å². The van der Waals surface area contributed by atoms with Crippen molar-refractivity contribution in [3.63, 3.8) is 0 Å². The van der Waals surface area contributed by atoms with Crippen LogP contribution in [0.1, 0.15) is 58.8 Å². The van der Waals surface area contributed by atoms with E-state index in [0.717, 1.165) is 38.5 Å². The fourth-order valence-electron chi connectivity index (χ4n) is 1.98. The van der Waals surface area contributed by atoms with Gasteiger partial charge >= 0.3 is 11.9 Å². The van der Waals surface area contributed by atoms with E-state index in [1.807, 2.05) is 0 Å². The second kappa shape index (κ2) is 15.3. The molecule has 0 spiro atoms. The summed E-state index contributed by atoms with van der Waals surface area (Å²) < 4.78 is 9.72. The molecule has 0 aromatic heterocycles. The number of rotatable bonds is 11. The summed E-state index contributed by atoms with van der Waals surface area (Å²) in [4.78, 5) is 21.4. The first kappa shape index (κ1) is 22.8. The van der Waals surface area contributed by atoms with Gasteiger partial charge in [0.15, 0.2) is 6.10 Å². The van der Waals surface area contributed by atoms with Crippen LogP contribution in [0.25, 0.3) is 0 Å². The monoisotopic (exact) mass is 348 g/mol. The van der Waals surface area contributed by atoms with Gasteiger partial charge in [-0.05, 0) is 43.1 Å². The molecule has 2 atom stereocenters. The Morgan fingerprint density at radius 3 is 2.20 bits per heavy atom. The molecule has 0 fully saturated rings. The number of ether oxygens (including phenoxy) is 2. The van der Waals surface area contributed by atoms with Crippen molar-refractivity contribution < 1.29 is 24.2 Å². The molecular weight excluding hydrogens is 320 g/mol. The average Bonchev–Trinajstić information content (AvgIpc) is 2.55. The van der Waals surface area contributed by atoms with Crippen LogP contribution in [0.2, 0.25) is 0 Å². The van der Waals surface area contributed by atoms with Crippen LogP contribution in [0, 0.1) is 23.7 Å². The summed E-state index contributed by atoms with van der Waals surface area (Å²) in [5.41, 5.74) is 0. The van der Waals surface area contributed by atoms with Gasteiger partial charge in [0, 0.05) is 13.8 Å². The van der Waals surface area contributed by atoms with Gasteiger partial charge < -0.3 is 14.6 Å². The van der Waals surface area contributed by atoms with Gasteiger partial charge in [0.2, 0.25) is 0 Å². The molecule has 138 valence electrons. The molecule has 0 saturated heterocycles. The molecule has 0 aromatic carbocycles. The van der Waals surface area contributed by atoms with Gasteiger partial charge in [-0.3, -0.25) is 9.59 Å². The molecule has 0 aliphatic rings. The second-order valence-electron chi connectivity index (χ2n) is 5.57. The number of carbonyl (C=O) groups excluding carboxylic acids is 2. The first-order chi connectivity index (χ1) is 12.0. The third-order valence-electron chi connectivity index (χ3n) is 3.20. The van der Waals surface area contributed by atoms with Gasteiger partial charge in [0.25, 0.3) is 0 Å². The first-order valence-corrected chi connectivity index (χ1v) is 8.58. The number of hydrogen-bond acceptors (Lipinski definition) is 5. The molecule has 25 heavy (non-hydrogen) atoms. The maximum absolute atomic E-state index is 10.8. The Hall–Kier alpha value is -2.24. The minimum absolute atomic E-state index is 0.230. The predicted octanol–water partition coefficient (Wildman–Crippen LogP) is 2.77. The summed E-state index contributed by atoms with van der Waals surface area (Å²) in [6.45, 7) is 6.73. The lowest BCUT2D eigenvalue weighted by Crippen LogP contribution is -2.10. The topological polar surface area (TPSA) is 72.8 Å². The lowest BCUT2D eigenvalue weighted by atomic mass is 10.1. The Morgan fingerprint density at radius 1 is 1.00 bits per heavy atom. The zero-order chi connectivity index (χ0) is 18.9. The first-order valence-electron chi connectivity index (χ1n) is 8.58. The van der Waals surface area contributed by atoms with Crippen molar-refractivity contribution >= 4 is 11.9 Å². The number of esters is 2. The van der Waals surface area contributed by atoms with E-state index in [2.05, 4.69) is 30.3 Å². The van der Waals surface area contributed by atoms with Crippen LogP contribution in [0.3, 0.4) is 0 Å². The molecule has 0 bridgehead atoms. The van der Waals surface area contributed by atoms with Crippen molar-refractivity contribution in [3.05, 3.63) is 12.7 Å². The number of hydrogen-bond donors (Lipinski definition) is 1. The summed E-state index contributed by atoms with van der Waals surface area (Å²) in [5.74, 6) is 9.75. The normalized spacial score (nSPS) is 11.8. The number of aliphatic hydroxyl groups is 1. The molecule has 5 nitrogen and oxygen atoms in total. The fraction of sp³-hybridized carbons (Fsp3) is 0.600. The molecule has 0 saturated carbocycles. The number of unbranched alkanes of at least 4 members (excludes halogenated alkanes) is 5. The van der Waals surface area contributed by atoms with Crippen LogP contribution in [0.5, 0.6) is 0 Å². The summed E-state index contributed by atoms with van der Waals surface area (Å²) in [7, 11) is 0. The number of aliphatic hydroxyl groups excluding tert-OH is 1. The SMILES string of the molecule is C=CC(C#CC#CC(O)CCCCCCCCOC(C)=O)OC(C)=O. The quantitative estimate of drug-likeness (QED) is 0.269. The molecule has 0 aromatic rings. The molecule has 1 N–H and O–H groups in total. The van der Waals surface area contributed by atoms with Crippen molar-refractivity contribution in [2.45, 2.75) is 71.0 Å². The highest BCUT2D eigenvalue weighted by atomic mass is 16.5. The molecule has 0 amide bonds. The molecule has 2 unspecified atom stereocenters. The van der Waals surface area contributed by atoms with E-state index in [1.54, 1.807) is 0 Å². The zero-order valence-corrected chi connectivity index (χ0v) is 15.2. The van der Waals surface area contributed by atoms with Gasteiger partial charge in [-0.15, -0.1) is 0 Å². The molecule has 0 aliphatic carbocycles. The van der Waals surface area contributed by atoms with E-state index >= 15 is 0 Å². The highest BCUT2D eigenvalue weighted by Gasteiger charge is 2.02. The van der Waals surface area contributed by atoms with Gasteiger partial charge in [-0.25, -0.2) is 0 Å². The van der Waals surface area contributed by atoms with E-state index in [9.17, 15) is 14.7 Å². The van der Waals surface area contributed by atoms with Crippen molar-refractivity contribution in [2.75, 3.05) is 6.61 Å². The molecule has 5 heteroatoms. The van der Waals surface area contributed by atoms with Crippen LogP contribution in [-0.4, -0.2) is 35.9 Å². The van der Waals surface area contributed by atoms with Crippen LogP contribution in [0.15, 0.2) is 12.7 Å². The van der Waals surface area contributed by atoms with Crippen molar-refractivity contribution in [1.82, 2.24) is 0 Å². The van der Waals surface area contributed by atoms with Crippen molar-refractivity contribution in [1.29, 1.82) is 0 Å². The van der Waals surface area contributed by atoms with E-state index in [-0.39, 0.29) is 5.97 Å². The lowest BCUT2D eigenvalue weighted by Gasteiger charge is -2.04. The van der Waals surface area contributed by atoms with Crippen LogP contribution in [0.4, 0.5) is 0 Å². The number of carbonyl (C=O) groups is 2. The predicted molar refractivity (Wildman–Crippen MR) is 96.3 cm³/mol. The third-order valence-corrected chi connectivity index (χ3v) is 3.20. The Morgan fingerprint density at radius 2 is 1.60 bits per heavy atom. The van der Waals surface area contributed by atoms with E-state index in [0.29, 0.717) is 13.0 Å². The van der Waals surface area contributed by atoms with Gasteiger partial charge in [-0.2, -0.15) is 0 Å². The van der Waals surface area contributed by atoms with Crippen molar-refractivity contribution in [2.24, 2.45) is 0 Å². The Balaban J connectivity index is 3.75. The van der Waals surface area contributed by atoms with Gasteiger partial charge in [0.05, 0.1) is 6.61 Å². The molecule has 0 rings (SSSR count). The Bertz CT molecular complexity index is 530. The van der Waals surface area contributed by atoms with Gasteiger partial charge in [0.1, 0.15) is 6.10 Å². The molecule has 0 radical (unpaired) electrons. The Kier molecular flexibility index (Phi) is 13.9. The second-order valence-corrected chi connectivity index (χ2v) is 5.57. The lowest BCUT2D eigenvalue weighted by molar-refractivity contribution is -0.142. The fourth-order valence-corrected chi connectivity index (χ4v) is 1.98. The summed E-state index contributed by atoms with van der Waals surface area (Å²) in [6, 6.07) is 0. The maximum atomic E-state index is 10.8. The molecule has 0 heterocycles. The highest BCUT2D eigenvalue weighted by molar-refractivity contribution is 5.66. The zero-order valence-electron chi connectivity index (χ0n) is 15.2. The van der Waals surface area contributed by atoms with Crippen LogP contribution >= 0.6 is 0 Å². The third kappa shape index (κ3) is 16.4. The molecular formula is C20H28O5. The standard InChI is InChI=1S/C20H28O5/c1-4-20(25-18(3)22)15-11-10-14-19(23)13-9-7-5-6-8-12-16-24-17(2)21/h4,19-20,23H,1,5-9,12-13,16H2,2-3H3.